The second-order valence-electron chi connectivity index (χ2n) is 7.38. The lowest BCUT2D eigenvalue weighted by molar-refractivity contribution is -0.175. The van der Waals surface area contributed by atoms with Gasteiger partial charge in [0, 0.05) is 18.4 Å². The van der Waals surface area contributed by atoms with Crippen LogP contribution >= 0.6 is 0 Å². The van der Waals surface area contributed by atoms with Crippen molar-refractivity contribution in [1.29, 1.82) is 0 Å². The van der Waals surface area contributed by atoms with Crippen molar-refractivity contribution in [3.8, 4) is 17.2 Å². The summed E-state index contributed by atoms with van der Waals surface area (Å²) in [7, 11) is 1.03. The number of esters is 1. The summed E-state index contributed by atoms with van der Waals surface area (Å²) in [6, 6.07) is 14.5. The topological polar surface area (TPSA) is 90.7 Å². The first-order valence-electron chi connectivity index (χ1n) is 10.4. The van der Waals surface area contributed by atoms with Gasteiger partial charge in [0.25, 0.3) is 0 Å². The summed E-state index contributed by atoms with van der Waals surface area (Å²) in [6.07, 6.45) is -4.76. The van der Waals surface area contributed by atoms with Crippen molar-refractivity contribution in [2.45, 2.75) is 32.0 Å². The minimum Gasteiger partial charge on any atom is -0.493 e. The Hall–Kier alpha value is -3.82. The maximum Gasteiger partial charge on any atom is 0.471 e. The number of amides is 1. The fourth-order valence-electron chi connectivity index (χ4n) is 3.16. The van der Waals surface area contributed by atoms with Gasteiger partial charge in [0.1, 0.15) is 17.6 Å². The highest BCUT2D eigenvalue weighted by Gasteiger charge is 2.41. The van der Waals surface area contributed by atoms with E-state index in [1.165, 1.54) is 0 Å². The molecule has 0 aliphatic heterocycles. The number of oxazole rings is 1. The molecule has 1 aromatic heterocycles. The maximum absolute atomic E-state index is 12.5. The Bertz CT molecular complexity index is 1110. The molecule has 10 heteroatoms. The molecule has 2 aromatic carbocycles. The molecule has 0 fully saturated rings. The quantitative estimate of drug-likeness (QED) is 0.469. The summed E-state index contributed by atoms with van der Waals surface area (Å²) in [4.78, 5) is 27.5. The summed E-state index contributed by atoms with van der Waals surface area (Å²) in [5.74, 6) is -1.41. The van der Waals surface area contributed by atoms with Crippen molar-refractivity contribution in [1.82, 2.24) is 10.3 Å². The number of aryl methyl sites for hydroxylation is 1. The number of carbonyl (C=O) groups is 2. The van der Waals surface area contributed by atoms with Gasteiger partial charge in [-0.25, -0.2) is 9.78 Å². The van der Waals surface area contributed by atoms with Crippen molar-refractivity contribution < 1.29 is 36.7 Å². The molecule has 180 valence electrons. The Morgan fingerprint density at radius 3 is 2.38 bits per heavy atom. The molecular weight excluding hydrogens is 453 g/mol. The highest BCUT2D eigenvalue weighted by atomic mass is 19.4. The van der Waals surface area contributed by atoms with Gasteiger partial charge in [0.15, 0.2) is 0 Å². The molecule has 0 saturated heterocycles. The molecule has 0 aliphatic rings. The summed E-state index contributed by atoms with van der Waals surface area (Å²) in [5.41, 5.74) is 2.17. The van der Waals surface area contributed by atoms with E-state index >= 15 is 0 Å². The van der Waals surface area contributed by atoms with E-state index in [1.54, 1.807) is 29.6 Å². The molecule has 0 saturated carbocycles. The zero-order valence-electron chi connectivity index (χ0n) is 18.5. The monoisotopic (exact) mass is 476 g/mol. The van der Waals surface area contributed by atoms with Gasteiger partial charge < -0.3 is 19.2 Å². The first kappa shape index (κ1) is 24.8. The second-order valence-corrected chi connectivity index (χ2v) is 7.38. The number of alkyl halides is 3. The Morgan fingerprint density at radius 1 is 1.09 bits per heavy atom. The van der Waals surface area contributed by atoms with Gasteiger partial charge in [0.2, 0.25) is 5.89 Å². The maximum atomic E-state index is 12.5. The van der Waals surface area contributed by atoms with Crippen molar-refractivity contribution in [3.05, 3.63) is 71.6 Å². The Balaban J connectivity index is 1.56. The predicted octanol–water partition coefficient (Wildman–Crippen LogP) is 4.03. The van der Waals surface area contributed by atoms with Crippen LogP contribution in [0, 0.1) is 6.92 Å². The number of carbonyl (C=O) groups excluding carboxylic acids is 2. The van der Waals surface area contributed by atoms with E-state index in [0.717, 1.165) is 18.4 Å². The van der Waals surface area contributed by atoms with E-state index in [-0.39, 0.29) is 6.42 Å². The molecule has 34 heavy (non-hydrogen) atoms. The van der Waals surface area contributed by atoms with Gasteiger partial charge >= 0.3 is 18.1 Å². The smallest absolute Gasteiger partial charge is 0.471 e. The molecule has 3 aromatic rings. The number of nitrogens with zero attached hydrogens (tertiary/aromatic N) is 1. The molecule has 3 rings (SSSR count). The molecule has 0 aliphatic carbocycles. The largest absolute Gasteiger partial charge is 0.493 e. The lowest BCUT2D eigenvalue weighted by Crippen LogP contribution is -2.48. The molecule has 1 atom stereocenters. The standard InChI is InChI=1S/C24H23F3N2O5/c1-15-19(28-21(34-15)17-6-4-3-5-7-17)12-13-33-18-10-8-16(9-11-18)14-20(22(30)32-2)29-23(31)24(25,26)27/h3-11,20H,12-14H2,1-2H3,(H,29,31)/t20-/m0/s1. The number of aromatic nitrogens is 1. The average Bonchev–Trinajstić information content (AvgIpc) is 3.19. The van der Waals surface area contributed by atoms with Gasteiger partial charge in [-0.1, -0.05) is 30.3 Å². The van der Waals surface area contributed by atoms with Crippen LogP contribution in [0.2, 0.25) is 0 Å². The number of benzene rings is 2. The van der Waals surface area contributed by atoms with Gasteiger partial charge in [-0.2, -0.15) is 13.2 Å². The third-order valence-electron chi connectivity index (χ3n) is 4.93. The SMILES string of the molecule is COC(=O)[C@H](Cc1ccc(OCCc2nc(-c3ccccc3)oc2C)cc1)NC(=O)C(F)(F)F. The van der Waals surface area contributed by atoms with Crippen molar-refractivity contribution in [2.24, 2.45) is 0 Å². The second kappa shape index (κ2) is 10.9. The van der Waals surface area contributed by atoms with Crippen LogP contribution < -0.4 is 10.1 Å². The third-order valence-corrected chi connectivity index (χ3v) is 4.93. The number of hydrogen-bond donors (Lipinski definition) is 1. The van der Waals surface area contributed by atoms with Crippen molar-refractivity contribution in [3.63, 3.8) is 0 Å². The minimum absolute atomic E-state index is 0.171. The van der Waals surface area contributed by atoms with E-state index < -0.39 is 24.1 Å². The molecule has 0 bridgehead atoms. The Morgan fingerprint density at radius 2 is 1.76 bits per heavy atom. The average molecular weight is 476 g/mol. The van der Waals surface area contributed by atoms with Gasteiger partial charge in [-0.15, -0.1) is 0 Å². The summed E-state index contributed by atoms with van der Waals surface area (Å²) >= 11 is 0. The molecule has 1 amide bonds. The highest BCUT2D eigenvalue weighted by molar-refractivity contribution is 5.87. The number of methoxy groups -OCH3 is 1. The molecule has 0 radical (unpaired) electrons. The van der Waals surface area contributed by atoms with Crippen molar-refractivity contribution >= 4 is 11.9 Å². The van der Waals surface area contributed by atoms with Crippen LogP contribution in [0.1, 0.15) is 17.0 Å². The van der Waals surface area contributed by atoms with Crippen LogP contribution in [-0.2, 0) is 27.2 Å². The van der Waals surface area contributed by atoms with Crippen LogP contribution in [0.25, 0.3) is 11.5 Å². The number of ether oxygens (including phenoxy) is 2. The third kappa shape index (κ3) is 6.60. The minimum atomic E-state index is -5.10. The van der Waals surface area contributed by atoms with E-state index in [0.29, 0.717) is 36.0 Å². The summed E-state index contributed by atoms with van der Waals surface area (Å²) in [5, 5.41) is 1.66. The Labute approximate surface area is 193 Å². The fourth-order valence-corrected chi connectivity index (χ4v) is 3.16. The van der Waals surface area contributed by atoms with Crippen molar-refractivity contribution in [2.75, 3.05) is 13.7 Å². The lowest BCUT2D eigenvalue weighted by Gasteiger charge is -2.17. The zero-order chi connectivity index (χ0) is 24.7. The van der Waals surface area contributed by atoms with Gasteiger partial charge in [-0.3, -0.25) is 4.79 Å². The molecule has 0 unspecified atom stereocenters. The number of halogens is 3. The molecule has 0 spiro atoms. The fraction of sp³-hybridized carbons (Fsp3) is 0.292. The molecule has 7 nitrogen and oxygen atoms in total. The van der Waals surface area contributed by atoms with E-state index in [1.807, 2.05) is 37.3 Å². The van der Waals surface area contributed by atoms with Crippen LogP contribution in [0.4, 0.5) is 13.2 Å². The Kier molecular flexibility index (Phi) is 7.93. The van der Waals surface area contributed by atoms with Crippen LogP contribution in [0.5, 0.6) is 5.75 Å². The van der Waals surface area contributed by atoms with Gasteiger partial charge in [-0.05, 0) is 36.8 Å². The van der Waals surface area contributed by atoms with Crippen LogP contribution in [-0.4, -0.2) is 42.8 Å². The molecule has 1 heterocycles. The number of hydrogen-bond acceptors (Lipinski definition) is 6. The summed E-state index contributed by atoms with van der Waals surface area (Å²) < 4.78 is 53.5. The molecular formula is C24H23F3N2O5. The predicted molar refractivity (Wildman–Crippen MR) is 116 cm³/mol. The number of nitrogens with one attached hydrogen (secondary N) is 1. The first-order chi connectivity index (χ1) is 16.2. The zero-order valence-corrected chi connectivity index (χ0v) is 18.5. The highest BCUT2D eigenvalue weighted by Crippen LogP contribution is 2.22. The summed E-state index contributed by atoms with van der Waals surface area (Å²) in [6.45, 7) is 2.16. The first-order valence-corrected chi connectivity index (χ1v) is 10.4. The number of rotatable bonds is 9. The van der Waals surface area contributed by atoms with Crippen LogP contribution in [0.3, 0.4) is 0 Å². The lowest BCUT2D eigenvalue weighted by atomic mass is 10.1. The van der Waals surface area contributed by atoms with Gasteiger partial charge in [0.05, 0.1) is 19.4 Å². The molecule has 1 N–H and O–H groups in total. The van der Waals surface area contributed by atoms with E-state index in [9.17, 15) is 22.8 Å². The normalized spacial score (nSPS) is 12.1. The van der Waals surface area contributed by atoms with E-state index in [2.05, 4.69) is 9.72 Å². The van der Waals surface area contributed by atoms with E-state index in [4.69, 9.17) is 9.15 Å². The van der Waals surface area contributed by atoms with Crippen LogP contribution in [0.15, 0.2) is 59.0 Å².